The zero-order valence-electron chi connectivity index (χ0n) is 5.89. The summed E-state index contributed by atoms with van der Waals surface area (Å²) in [5.74, 6) is 0. The molecular weight excluding hydrogens is 158 g/mol. The lowest BCUT2D eigenvalue weighted by atomic mass is 10.4. The first-order valence-corrected chi connectivity index (χ1v) is 2.63. The van der Waals surface area contributed by atoms with Crippen LogP contribution in [0.1, 0.15) is 13.8 Å². The van der Waals surface area contributed by atoms with Gasteiger partial charge in [-0.3, -0.25) is 0 Å². The summed E-state index contributed by atoms with van der Waals surface area (Å²) in [5, 5.41) is 0. The van der Waals surface area contributed by atoms with Crippen LogP contribution < -0.4 is 5.73 Å². The molecule has 2 N–H and O–H groups in total. The quantitative estimate of drug-likeness (QED) is 0.689. The monoisotopic (exact) mass is 173 g/mol. The van der Waals surface area contributed by atoms with Gasteiger partial charge in [0.15, 0.2) is 0 Å². The van der Waals surface area contributed by atoms with Gasteiger partial charge in [0, 0.05) is 13.2 Å². The highest BCUT2D eigenvalue weighted by molar-refractivity contribution is 7.59. The number of halogens is 1. The maximum Gasteiger partial charge on any atom is 0.0669 e. The largest absolute Gasteiger partial charge is 0.377 e. The van der Waals surface area contributed by atoms with Crippen molar-refractivity contribution in [3.63, 3.8) is 0 Å². The summed E-state index contributed by atoms with van der Waals surface area (Å²) in [7, 11) is 0. The van der Waals surface area contributed by atoms with E-state index in [1.807, 2.05) is 13.8 Å². The van der Waals surface area contributed by atoms with Crippen molar-refractivity contribution in [2.75, 3.05) is 13.2 Å². The van der Waals surface area contributed by atoms with Gasteiger partial charge >= 0.3 is 0 Å². The lowest BCUT2D eigenvalue weighted by molar-refractivity contribution is 0.0826. The summed E-state index contributed by atoms with van der Waals surface area (Å²) >= 11 is 0. The molecule has 9 heavy (non-hydrogen) atoms. The van der Waals surface area contributed by atoms with Gasteiger partial charge in [-0.1, -0.05) is 0 Å². The van der Waals surface area contributed by atoms with E-state index >= 15 is 0 Å². The van der Waals surface area contributed by atoms with E-state index in [-0.39, 0.29) is 32.0 Å². The molecule has 0 radical (unpaired) electrons. The molecule has 0 heterocycles. The van der Waals surface area contributed by atoms with Crippen LogP contribution in [0.25, 0.3) is 0 Å². The standard InChI is InChI=1S/C5H13NO.ClH.H2S/c1-3-7-5(2)4-6;;/h5H,3-4,6H2,1-2H3;1H;1H2/t5-;;/m0../s1. The molecule has 0 aliphatic rings. The van der Waals surface area contributed by atoms with E-state index in [0.717, 1.165) is 6.61 Å². The third-order valence-corrected chi connectivity index (χ3v) is 0.783. The molecule has 0 aliphatic carbocycles. The average molecular weight is 174 g/mol. The highest BCUT2D eigenvalue weighted by atomic mass is 35.5. The average Bonchev–Trinajstić information content (AvgIpc) is 1.68. The Kier molecular flexibility index (Phi) is 20.6. The summed E-state index contributed by atoms with van der Waals surface area (Å²) in [5.41, 5.74) is 5.23. The first-order valence-electron chi connectivity index (χ1n) is 2.63. The molecular formula is C5H16ClNOS. The number of hydrogen-bond acceptors (Lipinski definition) is 2. The number of nitrogens with two attached hydrogens (primary N) is 1. The second-order valence-electron chi connectivity index (χ2n) is 1.50. The van der Waals surface area contributed by atoms with Crippen LogP contribution >= 0.6 is 25.9 Å². The molecule has 0 unspecified atom stereocenters. The summed E-state index contributed by atoms with van der Waals surface area (Å²) in [4.78, 5) is 0. The Morgan fingerprint density at radius 1 is 1.56 bits per heavy atom. The van der Waals surface area contributed by atoms with E-state index in [1.54, 1.807) is 0 Å². The third kappa shape index (κ3) is 11.9. The Balaban J connectivity index is -0.000000180. The number of hydrogen-bond donors (Lipinski definition) is 1. The first-order chi connectivity index (χ1) is 3.31. The Morgan fingerprint density at radius 3 is 2.11 bits per heavy atom. The Hall–Kier alpha value is 0.560. The minimum atomic E-state index is 0. The zero-order valence-corrected chi connectivity index (χ0v) is 7.70. The molecule has 2 nitrogen and oxygen atoms in total. The van der Waals surface area contributed by atoms with Crippen LogP contribution in [0.5, 0.6) is 0 Å². The minimum absolute atomic E-state index is 0. The van der Waals surface area contributed by atoms with Crippen LogP contribution in [0.4, 0.5) is 0 Å². The summed E-state index contributed by atoms with van der Waals surface area (Å²) in [6.07, 6.45) is 0.227. The summed E-state index contributed by atoms with van der Waals surface area (Å²) in [6, 6.07) is 0. The van der Waals surface area contributed by atoms with Crippen LogP contribution in [0, 0.1) is 0 Å². The molecule has 0 amide bonds. The predicted octanol–water partition coefficient (Wildman–Crippen LogP) is 0.905. The van der Waals surface area contributed by atoms with Gasteiger partial charge in [-0.25, -0.2) is 0 Å². The predicted molar refractivity (Wildman–Crippen MR) is 47.8 cm³/mol. The van der Waals surface area contributed by atoms with Crippen molar-refractivity contribution >= 4 is 25.9 Å². The fraction of sp³-hybridized carbons (Fsp3) is 1.00. The number of rotatable bonds is 3. The van der Waals surface area contributed by atoms with Crippen LogP contribution in [0.2, 0.25) is 0 Å². The molecule has 0 rings (SSSR count). The summed E-state index contributed by atoms with van der Waals surface area (Å²) < 4.78 is 5.07. The fourth-order valence-corrected chi connectivity index (χ4v) is 0.353. The van der Waals surface area contributed by atoms with E-state index in [9.17, 15) is 0 Å². The van der Waals surface area contributed by atoms with Crippen molar-refractivity contribution in [1.29, 1.82) is 0 Å². The van der Waals surface area contributed by atoms with Gasteiger partial charge in [-0.15, -0.1) is 12.4 Å². The van der Waals surface area contributed by atoms with Gasteiger partial charge in [-0.05, 0) is 13.8 Å². The van der Waals surface area contributed by atoms with Crippen LogP contribution in [-0.2, 0) is 4.74 Å². The molecule has 60 valence electrons. The molecule has 0 aromatic rings. The van der Waals surface area contributed by atoms with E-state index in [0.29, 0.717) is 6.54 Å². The number of ether oxygens (including phenoxy) is 1. The van der Waals surface area contributed by atoms with Gasteiger partial charge in [0.05, 0.1) is 6.10 Å². The molecule has 0 saturated carbocycles. The van der Waals surface area contributed by atoms with E-state index in [4.69, 9.17) is 10.5 Å². The molecule has 0 saturated heterocycles. The molecule has 0 fully saturated rings. The lowest BCUT2D eigenvalue weighted by Crippen LogP contribution is -2.19. The van der Waals surface area contributed by atoms with E-state index in [2.05, 4.69) is 0 Å². The van der Waals surface area contributed by atoms with Crippen molar-refractivity contribution in [3.8, 4) is 0 Å². The molecule has 0 aromatic carbocycles. The highest BCUT2D eigenvalue weighted by Gasteiger charge is 1.92. The van der Waals surface area contributed by atoms with Crippen molar-refractivity contribution in [2.45, 2.75) is 20.0 Å². The van der Waals surface area contributed by atoms with Gasteiger partial charge < -0.3 is 10.5 Å². The van der Waals surface area contributed by atoms with Crippen LogP contribution in [-0.4, -0.2) is 19.3 Å². The lowest BCUT2D eigenvalue weighted by Gasteiger charge is -2.05. The van der Waals surface area contributed by atoms with Crippen molar-refractivity contribution in [2.24, 2.45) is 5.73 Å². The maximum atomic E-state index is 5.23. The normalized spacial score (nSPS) is 11.0. The Labute approximate surface area is 70.0 Å². The molecule has 4 heteroatoms. The summed E-state index contributed by atoms with van der Waals surface area (Å²) in [6.45, 7) is 5.31. The SMILES string of the molecule is CCO[C@@H](C)CN.Cl.S. The van der Waals surface area contributed by atoms with Gasteiger partial charge in [-0.2, -0.15) is 13.5 Å². The molecule has 1 atom stereocenters. The van der Waals surface area contributed by atoms with Gasteiger partial charge in [0.25, 0.3) is 0 Å². The maximum absolute atomic E-state index is 5.23. The zero-order chi connectivity index (χ0) is 5.70. The second-order valence-corrected chi connectivity index (χ2v) is 1.50. The fourth-order valence-electron chi connectivity index (χ4n) is 0.353. The highest BCUT2D eigenvalue weighted by Crippen LogP contribution is 1.83. The van der Waals surface area contributed by atoms with E-state index in [1.165, 1.54) is 0 Å². The van der Waals surface area contributed by atoms with Crippen molar-refractivity contribution < 1.29 is 4.74 Å². The smallest absolute Gasteiger partial charge is 0.0669 e. The topological polar surface area (TPSA) is 35.2 Å². The van der Waals surface area contributed by atoms with Crippen molar-refractivity contribution in [3.05, 3.63) is 0 Å². The first kappa shape index (κ1) is 16.3. The van der Waals surface area contributed by atoms with Crippen LogP contribution in [0.3, 0.4) is 0 Å². The molecule has 0 aliphatic heterocycles. The Morgan fingerprint density at radius 2 is 2.00 bits per heavy atom. The second kappa shape index (κ2) is 11.4. The molecule has 0 aromatic heterocycles. The van der Waals surface area contributed by atoms with E-state index < -0.39 is 0 Å². The Bertz CT molecular complexity index is 47.9. The molecule has 0 spiro atoms. The van der Waals surface area contributed by atoms with Crippen LogP contribution in [0.15, 0.2) is 0 Å². The van der Waals surface area contributed by atoms with Crippen molar-refractivity contribution in [1.82, 2.24) is 0 Å². The van der Waals surface area contributed by atoms with Gasteiger partial charge in [0.2, 0.25) is 0 Å². The molecule has 0 bridgehead atoms. The third-order valence-electron chi connectivity index (χ3n) is 0.783. The van der Waals surface area contributed by atoms with Gasteiger partial charge in [0.1, 0.15) is 0 Å². The minimum Gasteiger partial charge on any atom is -0.377 e.